The average molecular weight is 1210 g/mol. The summed E-state index contributed by atoms with van der Waals surface area (Å²) in [6, 6.07) is 0. The highest BCUT2D eigenvalue weighted by Gasteiger charge is 2.52. The molecule has 0 aromatic rings. The second kappa shape index (κ2) is 35.8. The molecule has 70 heavy (non-hydrogen) atoms. The van der Waals surface area contributed by atoms with Gasteiger partial charge in [-0.25, -0.2) is 47.2 Å². The summed E-state index contributed by atoms with van der Waals surface area (Å²) in [5.41, 5.74) is -10.1. The number of hydrogen-bond donors (Lipinski definition) is 0. The maximum atomic E-state index is 13.3. The Bertz CT molecular complexity index is 1730. The molecule has 0 fully saturated rings. The van der Waals surface area contributed by atoms with Gasteiger partial charge in [-0.1, -0.05) is 15.9 Å². The largest absolute Gasteiger partial charge is 0.633 e. The van der Waals surface area contributed by atoms with Crippen LogP contribution < -0.4 is 0 Å². The highest BCUT2D eigenvalue weighted by molar-refractivity contribution is 9.09. The third-order valence-electron chi connectivity index (χ3n) is 9.24. The molecule has 0 saturated carbocycles. The molecule has 0 aliphatic rings. The number of hydroxylamine groups is 3. The number of halogens is 13. The third kappa shape index (κ3) is 60.1. The predicted molar refractivity (Wildman–Crippen MR) is 269 cm³/mol. The lowest BCUT2D eigenvalue weighted by Gasteiger charge is -2.33. The molecule has 0 aromatic carbocycles. The van der Waals surface area contributed by atoms with Crippen LogP contribution in [0, 0.1) is 15.9 Å². The second-order valence-corrected chi connectivity index (χ2v) is 28.9. The molecular weight excluding hydrogens is 1120 g/mol. The standard InChI is InChI=1S/C12H23F4NO3S.C12H23F4NO2S.C7H12FNS.C6H12BrF.C6H12ClFO2S/c1-11(13,12(14,15)16)7-6-10-21(19,20)9-5-4-8-17(2,3)18;1-11(13,12(14,15)16)7-6-10-20(18,19)9-5-4-8-17(2)3;1-7(2,8)4-3-5-10-6-9;1-6(2,8)4-3-5-7;1-6(2,8)4-3-5-11(7,9)10/h4-10H2,1-3H3;4-10H2,1-3H3;3-5H2,1-2H3;3-5H2,1-2H3;3-5H2,1-2H3. The second-order valence-electron chi connectivity index (χ2n) is 19.8. The molecule has 0 aliphatic heterocycles. The van der Waals surface area contributed by atoms with Crippen molar-refractivity contribution in [1.82, 2.24) is 4.90 Å². The predicted octanol–water partition coefficient (Wildman–Crippen LogP) is 13.4. The van der Waals surface area contributed by atoms with E-state index in [4.69, 9.17) is 15.9 Å². The SMILES string of the molecule is CC(C)(F)CCCBr.CC(C)(F)CCCS(=O)(=O)Cl.CC(C)(F)CCCSC#N.CC(F)(CCCS(=O)(=O)CCCC[N+](C)(C)[O-])C(F)(F)F.CN(C)CCCCS(=O)(=O)CCCC(C)(F)C(F)(F)F. The van der Waals surface area contributed by atoms with E-state index in [1.54, 1.807) is 27.7 Å². The maximum Gasteiger partial charge on any atom is 0.422 e. The Morgan fingerprint density at radius 1 is 0.557 bits per heavy atom. The first-order valence-corrected chi connectivity index (χ1v) is 30.8. The number of nitriles is 1. The van der Waals surface area contributed by atoms with Gasteiger partial charge in [-0.05, 0) is 178 Å². The van der Waals surface area contributed by atoms with E-state index in [0.717, 1.165) is 30.5 Å². The van der Waals surface area contributed by atoms with Crippen molar-refractivity contribution in [2.75, 3.05) is 81.1 Å². The van der Waals surface area contributed by atoms with Crippen molar-refractivity contribution >= 4 is 67.1 Å². The minimum atomic E-state index is -4.99. The molecule has 0 aromatic heterocycles. The zero-order valence-corrected chi connectivity index (χ0v) is 48.6. The van der Waals surface area contributed by atoms with Crippen LogP contribution in [-0.2, 0) is 28.7 Å². The highest BCUT2D eigenvalue weighted by atomic mass is 79.9. The molecule has 10 nitrogen and oxygen atoms in total. The quantitative estimate of drug-likeness (QED) is 0.0135. The summed E-state index contributed by atoms with van der Waals surface area (Å²) in [5.74, 6) is -0.535. The van der Waals surface area contributed by atoms with Gasteiger partial charge in [0.05, 0.1) is 49.4 Å². The monoisotopic (exact) mass is 1200 g/mol. The summed E-state index contributed by atoms with van der Waals surface area (Å²) in [7, 11) is 1.17. The molecule has 426 valence electrons. The van der Waals surface area contributed by atoms with Crippen LogP contribution in [0.25, 0.3) is 0 Å². The lowest BCUT2D eigenvalue weighted by molar-refractivity contribution is -0.840. The number of quaternary nitrogens is 1. The number of unbranched alkanes of at least 4 members (excludes halogenated alkanes) is 2. The first kappa shape index (κ1) is 78.5. The van der Waals surface area contributed by atoms with Crippen LogP contribution in [0.4, 0.5) is 48.3 Å². The molecule has 2 atom stereocenters. The minimum Gasteiger partial charge on any atom is -0.633 e. The van der Waals surface area contributed by atoms with Crippen molar-refractivity contribution in [1.29, 1.82) is 5.26 Å². The Kier molecular flexibility index (Phi) is 40.1. The zero-order chi connectivity index (χ0) is 56.8. The van der Waals surface area contributed by atoms with Crippen molar-refractivity contribution < 1.29 is 78.2 Å². The topological polar surface area (TPSA) is 153 Å². The molecule has 0 radical (unpaired) electrons. The number of sulfone groups is 2. The number of thioether (sulfide) groups is 1. The van der Waals surface area contributed by atoms with Crippen molar-refractivity contribution in [3.63, 3.8) is 0 Å². The van der Waals surface area contributed by atoms with Crippen LogP contribution in [0.1, 0.15) is 145 Å². The van der Waals surface area contributed by atoms with Gasteiger partial charge in [0, 0.05) is 21.8 Å². The molecule has 0 N–H and O–H groups in total. The average Bonchev–Trinajstić information content (AvgIpc) is 3.10. The Morgan fingerprint density at radius 2 is 0.886 bits per heavy atom. The number of alkyl halides is 12. The smallest absolute Gasteiger partial charge is 0.422 e. The molecule has 0 amide bonds. The van der Waals surface area contributed by atoms with Crippen LogP contribution in [-0.4, -0.2) is 157 Å². The van der Waals surface area contributed by atoms with Gasteiger partial charge in [0.1, 0.15) is 42.1 Å². The van der Waals surface area contributed by atoms with Crippen LogP contribution in [0.2, 0.25) is 0 Å². The van der Waals surface area contributed by atoms with Gasteiger partial charge in [-0.2, -0.15) is 31.6 Å². The van der Waals surface area contributed by atoms with Gasteiger partial charge >= 0.3 is 12.4 Å². The van der Waals surface area contributed by atoms with Crippen LogP contribution >= 0.6 is 38.4 Å². The fourth-order valence-corrected chi connectivity index (χ4v) is 9.40. The molecule has 0 saturated heterocycles. The van der Waals surface area contributed by atoms with Crippen LogP contribution in [0.15, 0.2) is 0 Å². The summed E-state index contributed by atoms with van der Waals surface area (Å²) in [6.45, 7) is 11.0. The van der Waals surface area contributed by atoms with Crippen molar-refractivity contribution in [3.8, 4) is 5.40 Å². The summed E-state index contributed by atoms with van der Waals surface area (Å²) < 4.78 is 205. The summed E-state index contributed by atoms with van der Waals surface area (Å²) in [6.07, 6.45) is -7.09. The summed E-state index contributed by atoms with van der Waals surface area (Å²) >= 11 is 4.42. The van der Waals surface area contributed by atoms with Gasteiger partial charge in [0.15, 0.2) is 0 Å². The molecule has 0 aliphatic carbocycles. The summed E-state index contributed by atoms with van der Waals surface area (Å²) in [5, 5.41) is 22.2. The first-order chi connectivity index (χ1) is 30.9. The molecular formula is C43H82BrClF11N3O7S4. The van der Waals surface area contributed by atoms with Gasteiger partial charge in [-0.15, -0.1) is 0 Å². The van der Waals surface area contributed by atoms with E-state index in [9.17, 15) is 78.8 Å². The number of nitrogens with zero attached hydrogens (tertiary/aromatic N) is 3. The van der Waals surface area contributed by atoms with Crippen molar-refractivity contribution in [3.05, 3.63) is 5.21 Å². The fourth-order valence-electron chi connectivity index (χ4n) is 5.06. The Labute approximate surface area is 430 Å². The Morgan fingerprint density at radius 3 is 1.17 bits per heavy atom. The van der Waals surface area contributed by atoms with E-state index in [0.29, 0.717) is 46.0 Å². The number of thiocyanates is 1. The van der Waals surface area contributed by atoms with E-state index < -0.39 is 98.4 Å². The Balaban J connectivity index is -0.000000264. The highest BCUT2D eigenvalue weighted by Crippen LogP contribution is 2.38. The summed E-state index contributed by atoms with van der Waals surface area (Å²) in [4.78, 5) is 1.92. The first-order valence-electron chi connectivity index (χ1n) is 22.5. The molecule has 0 spiro atoms. The lowest BCUT2D eigenvalue weighted by Crippen LogP contribution is -2.38. The normalized spacial score (nSPS) is 14.8. The molecule has 27 heteroatoms. The molecule has 0 rings (SSSR count). The van der Waals surface area contributed by atoms with E-state index >= 15 is 0 Å². The third-order valence-corrected chi connectivity index (χ3v) is 15.3. The van der Waals surface area contributed by atoms with Gasteiger partial charge in [0.2, 0.25) is 20.4 Å². The van der Waals surface area contributed by atoms with Crippen LogP contribution in [0.5, 0.6) is 0 Å². The van der Waals surface area contributed by atoms with E-state index in [-0.39, 0.29) is 55.9 Å². The van der Waals surface area contributed by atoms with Crippen LogP contribution in [0.3, 0.4) is 0 Å². The van der Waals surface area contributed by atoms with Crippen molar-refractivity contribution in [2.24, 2.45) is 0 Å². The van der Waals surface area contributed by atoms with Gasteiger partial charge in [0.25, 0.3) is 0 Å². The molecule has 0 bridgehead atoms. The molecule has 2 unspecified atom stereocenters. The molecule has 0 heterocycles. The van der Waals surface area contributed by atoms with E-state index in [2.05, 4.69) is 15.9 Å². The van der Waals surface area contributed by atoms with Gasteiger partial charge in [-0.3, -0.25) is 0 Å². The zero-order valence-electron chi connectivity index (χ0n) is 43.0. The van der Waals surface area contributed by atoms with E-state index in [1.807, 2.05) is 24.4 Å². The Hall–Kier alpha value is -0.430. The van der Waals surface area contributed by atoms with Gasteiger partial charge < -0.3 is 14.8 Å². The number of hydrogen-bond acceptors (Lipinski definition) is 10. The maximum absolute atomic E-state index is 13.3. The van der Waals surface area contributed by atoms with E-state index in [1.165, 1.54) is 39.7 Å². The lowest BCUT2D eigenvalue weighted by atomic mass is 10.0. The minimum absolute atomic E-state index is 0.0597. The number of rotatable bonds is 29. The van der Waals surface area contributed by atoms with Crippen molar-refractivity contribution in [2.45, 2.75) is 186 Å². The fraction of sp³-hybridized carbons (Fsp3) is 0.977.